The Bertz CT molecular complexity index is 965. The van der Waals surface area contributed by atoms with Gasteiger partial charge in [-0.25, -0.2) is 13.1 Å². The van der Waals surface area contributed by atoms with Crippen molar-refractivity contribution >= 4 is 15.9 Å². The van der Waals surface area contributed by atoms with Crippen LogP contribution in [0, 0.1) is 0 Å². The molecule has 3 rings (SSSR count). The topological polar surface area (TPSA) is 78.5 Å². The predicted octanol–water partition coefficient (Wildman–Crippen LogP) is 3.07. The van der Waals surface area contributed by atoms with Gasteiger partial charge >= 0.3 is 0 Å². The minimum atomic E-state index is -3.60. The highest BCUT2D eigenvalue weighted by atomic mass is 32.2. The van der Waals surface area contributed by atoms with E-state index >= 15 is 0 Å². The van der Waals surface area contributed by atoms with Crippen molar-refractivity contribution < 1.29 is 13.2 Å². The van der Waals surface area contributed by atoms with Crippen molar-refractivity contribution in [1.29, 1.82) is 0 Å². The van der Waals surface area contributed by atoms with Crippen LogP contribution in [0.3, 0.4) is 0 Å². The molecule has 2 N–H and O–H groups in total. The number of carbonyl (C=O) groups excluding carboxylic acids is 1. The van der Waals surface area contributed by atoms with Crippen molar-refractivity contribution in [3.63, 3.8) is 0 Å². The van der Waals surface area contributed by atoms with Gasteiger partial charge in [0.05, 0.1) is 4.90 Å². The Labute approximate surface area is 179 Å². The lowest BCUT2D eigenvalue weighted by molar-refractivity contribution is 0.0950. The second kappa shape index (κ2) is 10.5. The molecule has 0 spiro atoms. The molecule has 1 amide bonds. The Balaban J connectivity index is 1.61. The van der Waals surface area contributed by atoms with Crippen molar-refractivity contribution in [3.05, 3.63) is 77.9 Å². The second-order valence-electron chi connectivity index (χ2n) is 7.45. The molecule has 1 aliphatic heterocycles. The lowest BCUT2D eigenvalue weighted by atomic mass is 10.0. The van der Waals surface area contributed by atoms with E-state index in [9.17, 15) is 13.2 Å². The quantitative estimate of drug-likeness (QED) is 0.603. The van der Waals surface area contributed by atoms with Crippen molar-refractivity contribution in [2.45, 2.75) is 37.2 Å². The Morgan fingerprint density at radius 1 is 1.00 bits per heavy atom. The number of amides is 1. The van der Waals surface area contributed by atoms with Crippen LogP contribution in [0.4, 0.5) is 0 Å². The fraction of sp³-hybridized carbons (Fsp3) is 0.348. The van der Waals surface area contributed by atoms with Crippen molar-refractivity contribution in [2.24, 2.45) is 0 Å². The maximum atomic E-state index is 12.6. The molecule has 6 nitrogen and oxygen atoms in total. The molecule has 0 radical (unpaired) electrons. The zero-order chi connectivity index (χ0) is 21.4. The average Bonchev–Trinajstić information content (AvgIpc) is 2.78. The maximum absolute atomic E-state index is 12.6. The number of nitrogens with one attached hydrogen (secondary N) is 2. The summed E-state index contributed by atoms with van der Waals surface area (Å²) in [5, 5.41) is 2.95. The van der Waals surface area contributed by atoms with Gasteiger partial charge in [0.15, 0.2) is 0 Å². The van der Waals surface area contributed by atoms with E-state index in [4.69, 9.17) is 0 Å². The molecule has 1 heterocycles. The fourth-order valence-corrected chi connectivity index (χ4v) is 4.56. The molecule has 0 unspecified atom stereocenters. The van der Waals surface area contributed by atoms with Crippen molar-refractivity contribution in [1.82, 2.24) is 14.9 Å². The average molecular weight is 428 g/mol. The highest BCUT2D eigenvalue weighted by Crippen LogP contribution is 2.16. The molecule has 0 atom stereocenters. The third-order valence-corrected chi connectivity index (χ3v) is 6.68. The van der Waals surface area contributed by atoms with E-state index in [1.54, 1.807) is 0 Å². The zero-order valence-electron chi connectivity index (χ0n) is 17.1. The Morgan fingerprint density at radius 3 is 2.33 bits per heavy atom. The third kappa shape index (κ3) is 6.01. The van der Waals surface area contributed by atoms with Crippen molar-refractivity contribution in [2.75, 3.05) is 19.6 Å². The molecule has 160 valence electrons. The van der Waals surface area contributed by atoms with Crippen LogP contribution < -0.4 is 10.0 Å². The number of rotatable bonds is 9. The molecule has 0 saturated carbocycles. The molecule has 0 aliphatic carbocycles. The molecule has 1 fully saturated rings. The van der Waals surface area contributed by atoms with E-state index < -0.39 is 10.0 Å². The Kier molecular flexibility index (Phi) is 7.79. The number of benzene rings is 2. The number of hydrogen-bond acceptors (Lipinski definition) is 4. The summed E-state index contributed by atoms with van der Waals surface area (Å²) in [5.74, 6) is -0.231. The summed E-state index contributed by atoms with van der Waals surface area (Å²) in [5.41, 5.74) is 2.75. The predicted molar refractivity (Wildman–Crippen MR) is 119 cm³/mol. The molecule has 0 bridgehead atoms. The Hall–Kier alpha value is -2.48. The normalized spacial score (nSPS) is 14.9. The molecule has 30 heavy (non-hydrogen) atoms. The largest absolute Gasteiger partial charge is 0.348 e. The molecule has 2 aromatic rings. The van der Waals surface area contributed by atoms with Crippen LogP contribution in [-0.4, -0.2) is 38.9 Å². The van der Waals surface area contributed by atoms with E-state index in [-0.39, 0.29) is 17.3 Å². The molecule has 1 aliphatic rings. The summed E-state index contributed by atoms with van der Waals surface area (Å²) in [6, 6.07) is 14.1. The smallest absolute Gasteiger partial charge is 0.251 e. The van der Waals surface area contributed by atoms with Crippen LogP contribution >= 0.6 is 0 Å². The second-order valence-corrected chi connectivity index (χ2v) is 9.22. The highest BCUT2D eigenvalue weighted by molar-refractivity contribution is 7.89. The van der Waals surface area contributed by atoms with Crippen LogP contribution in [-0.2, 0) is 23.1 Å². The van der Waals surface area contributed by atoms with Gasteiger partial charge in [0.2, 0.25) is 10.0 Å². The van der Waals surface area contributed by atoms with Gasteiger partial charge in [0.1, 0.15) is 0 Å². The number of hydrogen-bond donors (Lipinski definition) is 2. The first kappa shape index (κ1) is 22.2. The summed E-state index contributed by atoms with van der Waals surface area (Å²) < 4.78 is 26.7. The molecule has 0 aromatic heterocycles. The van der Waals surface area contributed by atoms with E-state index in [0.717, 1.165) is 25.2 Å². The molecular weight excluding hydrogens is 398 g/mol. The minimum absolute atomic E-state index is 0.118. The van der Waals surface area contributed by atoms with Gasteiger partial charge in [0, 0.05) is 25.2 Å². The molecule has 2 aromatic carbocycles. The fourth-order valence-electron chi connectivity index (χ4n) is 3.56. The maximum Gasteiger partial charge on any atom is 0.251 e. The first-order chi connectivity index (χ1) is 14.5. The van der Waals surface area contributed by atoms with Gasteiger partial charge in [-0.1, -0.05) is 36.8 Å². The SMILES string of the molecule is C=CCNS(=O)(=O)c1ccc(C(=O)NCc2ccccc2CN2CCCCC2)cc1. The van der Waals surface area contributed by atoms with E-state index in [1.165, 1.54) is 55.2 Å². The van der Waals surface area contributed by atoms with Gasteiger partial charge in [-0.2, -0.15) is 0 Å². The first-order valence-electron chi connectivity index (χ1n) is 10.3. The highest BCUT2D eigenvalue weighted by Gasteiger charge is 2.15. The van der Waals surface area contributed by atoms with Crippen LogP contribution in [0.1, 0.15) is 40.7 Å². The lowest BCUT2D eigenvalue weighted by Crippen LogP contribution is -2.30. The summed E-state index contributed by atoms with van der Waals surface area (Å²) >= 11 is 0. The minimum Gasteiger partial charge on any atom is -0.348 e. The first-order valence-corrected chi connectivity index (χ1v) is 11.8. The number of sulfonamides is 1. The molecule has 1 saturated heterocycles. The summed E-state index contributed by atoms with van der Waals surface area (Å²) in [4.78, 5) is 15.1. The van der Waals surface area contributed by atoms with Crippen molar-refractivity contribution in [3.8, 4) is 0 Å². The van der Waals surface area contributed by atoms with Gasteiger partial charge in [0.25, 0.3) is 5.91 Å². The van der Waals surface area contributed by atoms with E-state index in [0.29, 0.717) is 12.1 Å². The van der Waals surface area contributed by atoms with Gasteiger partial charge in [-0.3, -0.25) is 9.69 Å². The Morgan fingerprint density at radius 2 is 1.67 bits per heavy atom. The van der Waals surface area contributed by atoms with E-state index in [1.807, 2.05) is 18.2 Å². The zero-order valence-corrected chi connectivity index (χ0v) is 18.0. The van der Waals surface area contributed by atoms with Gasteiger partial charge in [-0.15, -0.1) is 6.58 Å². The van der Waals surface area contributed by atoms with Gasteiger partial charge in [-0.05, 0) is 61.3 Å². The third-order valence-electron chi connectivity index (χ3n) is 5.24. The number of carbonyl (C=O) groups is 1. The monoisotopic (exact) mass is 427 g/mol. The summed E-state index contributed by atoms with van der Waals surface area (Å²) in [6.07, 6.45) is 5.27. The molecule has 7 heteroatoms. The van der Waals surface area contributed by atoms with Crippen LogP contribution in [0.5, 0.6) is 0 Å². The number of likely N-dealkylation sites (tertiary alicyclic amines) is 1. The molecular formula is C23H29N3O3S. The van der Waals surface area contributed by atoms with Crippen LogP contribution in [0.2, 0.25) is 0 Å². The summed E-state index contributed by atoms with van der Waals surface area (Å²) in [6.45, 7) is 7.23. The summed E-state index contributed by atoms with van der Waals surface area (Å²) in [7, 11) is -3.60. The number of piperidine rings is 1. The van der Waals surface area contributed by atoms with Crippen LogP contribution in [0.15, 0.2) is 66.1 Å². The number of nitrogens with zero attached hydrogens (tertiary/aromatic N) is 1. The van der Waals surface area contributed by atoms with Crippen LogP contribution in [0.25, 0.3) is 0 Å². The standard InChI is InChI=1S/C23H29N3O3S/c1-2-14-25-30(28,29)22-12-10-19(11-13-22)23(27)24-17-20-8-4-5-9-21(20)18-26-15-6-3-7-16-26/h2,4-5,8-13,25H,1,3,6-7,14-18H2,(H,24,27). The van der Waals surface area contributed by atoms with E-state index in [2.05, 4.69) is 27.6 Å². The lowest BCUT2D eigenvalue weighted by Gasteiger charge is -2.27. The van der Waals surface area contributed by atoms with Gasteiger partial charge < -0.3 is 5.32 Å².